The average molecular weight is 480 g/mol. The molecule has 0 aliphatic carbocycles. The van der Waals surface area contributed by atoms with E-state index < -0.39 is 26.8 Å². The Labute approximate surface area is 203 Å². The smallest absolute Gasteiger partial charge is 0.338 e. The lowest BCUT2D eigenvalue weighted by Gasteiger charge is -2.14. The summed E-state index contributed by atoms with van der Waals surface area (Å²) in [6.45, 7) is 7.73. The van der Waals surface area contributed by atoms with E-state index in [4.69, 9.17) is 9.84 Å². The summed E-state index contributed by atoms with van der Waals surface area (Å²) in [7, 11) is -0.822. The van der Waals surface area contributed by atoms with E-state index in [-0.39, 0.29) is 6.61 Å². The van der Waals surface area contributed by atoms with E-state index >= 15 is 0 Å². The highest BCUT2D eigenvalue weighted by atomic mass is 28.3. The second-order valence-corrected chi connectivity index (χ2v) is 16.1. The third-order valence-electron chi connectivity index (χ3n) is 5.92. The molecule has 1 atom stereocenters. The fraction of sp³-hybridized carbons (Fsp3) is 0.741. The fourth-order valence-electron chi connectivity index (χ4n) is 3.81. The lowest BCUT2D eigenvalue weighted by molar-refractivity contribution is 0.00933. The molecule has 0 radical (unpaired) electrons. The van der Waals surface area contributed by atoms with Gasteiger partial charge in [-0.25, -0.2) is 4.79 Å². The molecule has 3 N–H and O–H groups in total. The third-order valence-corrected chi connectivity index (χ3v) is 7.77. The number of benzene rings is 1. The molecule has 0 amide bonds. The van der Waals surface area contributed by atoms with Gasteiger partial charge in [0.1, 0.15) is 12.7 Å². The minimum Gasteiger partial charge on any atom is -0.459 e. The SMILES string of the molecule is C[Si](C)(C)CCCCCCCCCCCCCCNc1ccc(C(=O)OCC(O)CO)cc1. The van der Waals surface area contributed by atoms with E-state index in [1.165, 1.54) is 76.7 Å². The van der Waals surface area contributed by atoms with Gasteiger partial charge in [0.25, 0.3) is 0 Å². The first-order valence-corrected chi connectivity index (χ1v) is 16.8. The molecule has 33 heavy (non-hydrogen) atoms. The molecule has 190 valence electrons. The van der Waals surface area contributed by atoms with Gasteiger partial charge < -0.3 is 20.3 Å². The van der Waals surface area contributed by atoms with Crippen LogP contribution in [0.3, 0.4) is 0 Å². The van der Waals surface area contributed by atoms with Gasteiger partial charge in [-0.1, -0.05) is 96.3 Å². The highest BCUT2D eigenvalue weighted by Crippen LogP contribution is 2.17. The number of ether oxygens (including phenoxy) is 1. The molecular weight excluding hydrogens is 430 g/mol. The fourth-order valence-corrected chi connectivity index (χ4v) is 5.12. The van der Waals surface area contributed by atoms with Gasteiger partial charge in [0.2, 0.25) is 0 Å². The Kier molecular flexibility index (Phi) is 16.2. The highest BCUT2D eigenvalue weighted by Gasteiger charge is 2.11. The molecule has 0 saturated carbocycles. The predicted molar refractivity (Wildman–Crippen MR) is 142 cm³/mol. The number of carbonyl (C=O) groups is 1. The summed E-state index contributed by atoms with van der Waals surface area (Å²) in [4.78, 5) is 11.9. The van der Waals surface area contributed by atoms with Crippen molar-refractivity contribution in [2.24, 2.45) is 0 Å². The Bertz CT molecular complexity index is 616. The zero-order chi connectivity index (χ0) is 24.4. The lowest BCUT2D eigenvalue weighted by Crippen LogP contribution is -2.21. The first-order chi connectivity index (χ1) is 15.8. The summed E-state index contributed by atoms with van der Waals surface area (Å²) < 4.78 is 4.95. The quantitative estimate of drug-likeness (QED) is 0.111. The Hall–Kier alpha value is -1.37. The minimum absolute atomic E-state index is 0.200. The molecule has 0 aliphatic rings. The van der Waals surface area contributed by atoms with Crippen LogP contribution in [0.1, 0.15) is 87.4 Å². The standard InChI is InChI=1S/C27H49NO4Si/c1-33(2,3)21-15-13-11-9-7-5-4-6-8-10-12-14-20-28-25-18-16-24(17-19-25)27(31)32-23-26(30)22-29/h16-19,26,28-30H,4-15,20-23H2,1-3H3. The monoisotopic (exact) mass is 479 g/mol. The van der Waals surface area contributed by atoms with Crippen molar-refractivity contribution in [3.8, 4) is 0 Å². The first-order valence-electron chi connectivity index (χ1n) is 13.1. The van der Waals surface area contributed by atoms with Crippen molar-refractivity contribution in [3.63, 3.8) is 0 Å². The van der Waals surface area contributed by atoms with Gasteiger partial charge in [0.05, 0.1) is 12.2 Å². The number of hydrogen-bond donors (Lipinski definition) is 3. The van der Waals surface area contributed by atoms with Crippen LogP contribution in [0.4, 0.5) is 5.69 Å². The number of anilines is 1. The van der Waals surface area contributed by atoms with E-state index in [1.54, 1.807) is 12.1 Å². The zero-order valence-electron chi connectivity index (χ0n) is 21.4. The molecule has 5 nitrogen and oxygen atoms in total. The number of rotatable bonds is 20. The summed E-state index contributed by atoms with van der Waals surface area (Å²) in [5.41, 5.74) is 1.43. The van der Waals surface area contributed by atoms with Crippen molar-refractivity contribution >= 4 is 19.7 Å². The largest absolute Gasteiger partial charge is 0.459 e. The van der Waals surface area contributed by atoms with Crippen LogP contribution in [-0.4, -0.2) is 50.1 Å². The van der Waals surface area contributed by atoms with Crippen molar-refractivity contribution in [2.45, 2.75) is 109 Å². The van der Waals surface area contributed by atoms with E-state index in [2.05, 4.69) is 25.0 Å². The average Bonchev–Trinajstić information content (AvgIpc) is 2.79. The predicted octanol–water partition coefficient (Wildman–Crippen LogP) is 6.63. The molecule has 0 spiro atoms. The maximum atomic E-state index is 11.9. The zero-order valence-corrected chi connectivity index (χ0v) is 22.4. The molecule has 0 aromatic heterocycles. The number of unbranched alkanes of at least 4 members (excludes halogenated alkanes) is 11. The topological polar surface area (TPSA) is 78.8 Å². The van der Waals surface area contributed by atoms with Crippen molar-refractivity contribution in [1.82, 2.24) is 0 Å². The number of aliphatic hydroxyl groups excluding tert-OH is 2. The molecule has 0 aliphatic heterocycles. The van der Waals surface area contributed by atoms with Crippen molar-refractivity contribution in [1.29, 1.82) is 0 Å². The Balaban J connectivity index is 1.93. The molecular formula is C27H49NO4Si. The van der Waals surface area contributed by atoms with Gasteiger partial charge >= 0.3 is 5.97 Å². The van der Waals surface area contributed by atoms with Gasteiger partial charge in [-0.15, -0.1) is 0 Å². The van der Waals surface area contributed by atoms with Crippen LogP contribution in [0.5, 0.6) is 0 Å². The van der Waals surface area contributed by atoms with Gasteiger partial charge in [-0.3, -0.25) is 0 Å². The Morgan fingerprint density at radius 1 is 0.848 bits per heavy atom. The second-order valence-electron chi connectivity index (χ2n) is 10.5. The molecule has 6 heteroatoms. The van der Waals surface area contributed by atoms with Crippen LogP contribution < -0.4 is 5.32 Å². The number of aliphatic hydroxyl groups is 2. The van der Waals surface area contributed by atoms with Crippen molar-refractivity contribution in [3.05, 3.63) is 29.8 Å². The maximum absolute atomic E-state index is 11.9. The van der Waals surface area contributed by atoms with E-state index in [9.17, 15) is 9.90 Å². The van der Waals surface area contributed by atoms with Crippen LogP contribution in [-0.2, 0) is 4.74 Å². The van der Waals surface area contributed by atoms with Crippen LogP contribution in [0.15, 0.2) is 24.3 Å². The summed E-state index contributed by atoms with van der Waals surface area (Å²) >= 11 is 0. The van der Waals surface area contributed by atoms with Gasteiger partial charge in [0.15, 0.2) is 0 Å². The number of nitrogens with one attached hydrogen (secondary N) is 1. The number of esters is 1. The Morgan fingerprint density at radius 2 is 1.33 bits per heavy atom. The molecule has 0 saturated heterocycles. The molecule has 1 rings (SSSR count). The van der Waals surface area contributed by atoms with E-state index in [1.807, 2.05) is 12.1 Å². The molecule has 0 bridgehead atoms. The van der Waals surface area contributed by atoms with Crippen LogP contribution >= 0.6 is 0 Å². The maximum Gasteiger partial charge on any atom is 0.338 e. The van der Waals surface area contributed by atoms with Gasteiger partial charge in [-0.05, 0) is 30.7 Å². The third kappa shape index (κ3) is 16.8. The van der Waals surface area contributed by atoms with Crippen molar-refractivity contribution in [2.75, 3.05) is 25.1 Å². The van der Waals surface area contributed by atoms with Gasteiger partial charge in [0, 0.05) is 20.3 Å². The summed E-state index contributed by atoms with van der Waals surface area (Å²) in [5, 5.41) is 21.4. The molecule has 0 fully saturated rings. The van der Waals surface area contributed by atoms with Crippen LogP contribution in [0.2, 0.25) is 25.7 Å². The Morgan fingerprint density at radius 3 is 1.82 bits per heavy atom. The number of carbonyl (C=O) groups excluding carboxylic acids is 1. The van der Waals surface area contributed by atoms with Crippen molar-refractivity contribution < 1.29 is 19.7 Å². The second kappa shape index (κ2) is 18.0. The lowest BCUT2D eigenvalue weighted by atomic mass is 10.1. The first kappa shape index (κ1) is 29.7. The van der Waals surface area contributed by atoms with Crippen LogP contribution in [0, 0.1) is 0 Å². The summed E-state index contributed by atoms with van der Waals surface area (Å²) in [5.74, 6) is -0.494. The molecule has 1 unspecified atom stereocenters. The molecule has 1 aromatic rings. The molecule has 0 heterocycles. The molecule has 1 aromatic carbocycles. The number of hydrogen-bond acceptors (Lipinski definition) is 5. The minimum atomic E-state index is -1.03. The van der Waals surface area contributed by atoms with Crippen LogP contribution in [0.25, 0.3) is 0 Å². The van der Waals surface area contributed by atoms with E-state index in [0.717, 1.165) is 18.7 Å². The summed E-state index contributed by atoms with van der Waals surface area (Å²) in [6, 6.07) is 8.65. The van der Waals surface area contributed by atoms with Gasteiger partial charge in [-0.2, -0.15) is 0 Å². The normalized spacial score (nSPS) is 12.5. The summed E-state index contributed by atoms with van der Waals surface area (Å²) in [6.07, 6.45) is 15.3. The van der Waals surface area contributed by atoms with E-state index in [0.29, 0.717) is 5.56 Å². The highest BCUT2D eigenvalue weighted by molar-refractivity contribution is 6.76.